The highest BCUT2D eigenvalue weighted by molar-refractivity contribution is 5.85. The molecule has 0 spiro atoms. The minimum Gasteiger partial charge on any atom is -0.392 e. The standard InChI is InChI=1S/C10H21N3O.ClH/c14-10-4-9(13-7-10)6-12-8-2-1-3-11-5-8;/h8-14H,1-7H2;1H/t8?,9-,10+;/m0./s1. The monoisotopic (exact) mass is 235 g/mol. The maximum Gasteiger partial charge on any atom is 0.0680 e. The van der Waals surface area contributed by atoms with E-state index < -0.39 is 0 Å². The summed E-state index contributed by atoms with van der Waals surface area (Å²) < 4.78 is 0. The van der Waals surface area contributed by atoms with Crippen LogP contribution in [-0.2, 0) is 0 Å². The van der Waals surface area contributed by atoms with E-state index in [0.29, 0.717) is 12.1 Å². The van der Waals surface area contributed by atoms with Crippen molar-refractivity contribution >= 4 is 12.4 Å². The van der Waals surface area contributed by atoms with E-state index in [2.05, 4.69) is 16.0 Å². The van der Waals surface area contributed by atoms with Crippen molar-refractivity contribution in [2.24, 2.45) is 0 Å². The van der Waals surface area contributed by atoms with Gasteiger partial charge in [0.05, 0.1) is 6.10 Å². The van der Waals surface area contributed by atoms with Crippen LogP contribution in [-0.4, -0.2) is 49.5 Å². The Hall–Kier alpha value is 0.130. The molecule has 2 fully saturated rings. The number of hydrogen-bond donors (Lipinski definition) is 4. The van der Waals surface area contributed by atoms with Crippen LogP contribution in [0.1, 0.15) is 19.3 Å². The average Bonchev–Trinajstić information content (AvgIpc) is 2.63. The molecular weight excluding hydrogens is 214 g/mol. The summed E-state index contributed by atoms with van der Waals surface area (Å²) in [5.41, 5.74) is 0. The number of aliphatic hydroxyl groups excluding tert-OH is 1. The van der Waals surface area contributed by atoms with Crippen LogP contribution < -0.4 is 16.0 Å². The zero-order valence-corrected chi connectivity index (χ0v) is 9.85. The lowest BCUT2D eigenvalue weighted by Crippen LogP contribution is -2.47. The molecule has 0 aliphatic carbocycles. The highest BCUT2D eigenvalue weighted by Crippen LogP contribution is 2.06. The van der Waals surface area contributed by atoms with Crippen LogP contribution in [0.2, 0.25) is 0 Å². The molecule has 0 bridgehead atoms. The fourth-order valence-corrected chi connectivity index (χ4v) is 2.29. The lowest BCUT2D eigenvalue weighted by atomic mass is 10.1. The van der Waals surface area contributed by atoms with Crippen molar-refractivity contribution in [3.05, 3.63) is 0 Å². The van der Waals surface area contributed by atoms with Gasteiger partial charge in [-0.2, -0.15) is 0 Å². The second kappa shape index (κ2) is 6.66. The van der Waals surface area contributed by atoms with Gasteiger partial charge in [-0.25, -0.2) is 0 Å². The molecule has 2 heterocycles. The molecule has 2 rings (SSSR count). The molecule has 3 atom stereocenters. The molecule has 2 aliphatic rings. The Kier molecular flexibility index (Phi) is 5.86. The third-order valence-electron chi connectivity index (χ3n) is 3.15. The normalized spacial score (nSPS) is 36.2. The highest BCUT2D eigenvalue weighted by atomic mass is 35.5. The third-order valence-corrected chi connectivity index (χ3v) is 3.15. The van der Waals surface area contributed by atoms with Crippen LogP contribution in [0.3, 0.4) is 0 Å². The van der Waals surface area contributed by atoms with E-state index >= 15 is 0 Å². The summed E-state index contributed by atoms with van der Waals surface area (Å²) in [6, 6.07) is 1.09. The summed E-state index contributed by atoms with van der Waals surface area (Å²) in [6.07, 6.45) is 3.32. The molecule has 90 valence electrons. The Morgan fingerprint density at radius 3 is 2.80 bits per heavy atom. The quantitative estimate of drug-likeness (QED) is 0.532. The molecule has 0 radical (unpaired) electrons. The number of aliphatic hydroxyl groups is 1. The summed E-state index contributed by atoms with van der Waals surface area (Å²) in [5.74, 6) is 0. The molecule has 15 heavy (non-hydrogen) atoms. The number of piperidine rings is 1. The minimum atomic E-state index is -0.133. The van der Waals surface area contributed by atoms with Crippen molar-refractivity contribution in [1.82, 2.24) is 16.0 Å². The van der Waals surface area contributed by atoms with Crippen molar-refractivity contribution in [1.29, 1.82) is 0 Å². The minimum absolute atomic E-state index is 0. The maximum atomic E-state index is 9.33. The molecule has 0 aromatic heterocycles. The zero-order valence-electron chi connectivity index (χ0n) is 9.04. The predicted octanol–water partition coefficient (Wildman–Crippen LogP) is -0.527. The number of nitrogens with one attached hydrogen (secondary N) is 3. The smallest absolute Gasteiger partial charge is 0.0680 e. The van der Waals surface area contributed by atoms with Gasteiger partial charge in [-0.1, -0.05) is 0 Å². The Balaban J connectivity index is 0.00000112. The Morgan fingerprint density at radius 1 is 1.33 bits per heavy atom. The van der Waals surface area contributed by atoms with Crippen molar-refractivity contribution in [2.75, 3.05) is 26.2 Å². The topological polar surface area (TPSA) is 56.3 Å². The van der Waals surface area contributed by atoms with Gasteiger partial charge in [0.2, 0.25) is 0 Å². The van der Waals surface area contributed by atoms with E-state index in [1.54, 1.807) is 0 Å². The lowest BCUT2D eigenvalue weighted by molar-refractivity contribution is 0.192. The van der Waals surface area contributed by atoms with Crippen molar-refractivity contribution in [3.8, 4) is 0 Å². The van der Waals surface area contributed by atoms with E-state index in [9.17, 15) is 5.11 Å². The SMILES string of the molecule is Cl.O[C@H]1CN[C@H](CNC2CCCNC2)C1. The average molecular weight is 236 g/mol. The largest absolute Gasteiger partial charge is 0.392 e. The summed E-state index contributed by atoms with van der Waals surface area (Å²) >= 11 is 0. The Labute approximate surface area is 97.6 Å². The van der Waals surface area contributed by atoms with Crippen LogP contribution in [0.25, 0.3) is 0 Å². The van der Waals surface area contributed by atoms with Crippen LogP contribution in [0.15, 0.2) is 0 Å². The first-order valence-electron chi connectivity index (χ1n) is 5.70. The molecule has 4 nitrogen and oxygen atoms in total. The summed E-state index contributed by atoms with van der Waals surface area (Å²) in [4.78, 5) is 0. The first kappa shape index (κ1) is 13.2. The van der Waals surface area contributed by atoms with E-state index in [0.717, 1.165) is 26.1 Å². The second-order valence-electron chi connectivity index (χ2n) is 4.45. The van der Waals surface area contributed by atoms with Gasteiger partial charge in [0.15, 0.2) is 0 Å². The molecule has 4 N–H and O–H groups in total. The zero-order chi connectivity index (χ0) is 9.80. The van der Waals surface area contributed by atoms with Gasteiger partial charge < -0.3 is 21.1 Å². The van der Waals surface area contributed by atoms with Crippen LogP contribution in [0.4, 0.5) is 0 Å². The van der Waals surface area contributed by atoms with Crippen molar-refractivity contribution < 1.29 is 5.11 Å². The van der Waals surface area contributed by atoms with Crippen LogP contribution in [0, 0.1) is 0 Å². The van der Waals surface area contributed by atoms with Crippen LogP contribution >= 0.6 is 12.4 Å². The van der Waals surface area contributed by atoms with Gasteiger partial charge in [-0.05, 0) is 25.8 Å². The molecule has 2 saturated heterocycles. The van der Waals surface area contributed by atoms with Crippen molar-refractivity contribution in [3.63, 3.8) is 0 Å². The number of β-amino-alcohol motifs (C(OH)–C–C–N with tert-alkyl or cyclic N) is 1. The fraction of sp³-hybridized carbons (Fsp3) is 1.00. The maximum absolute atomic E-state index is 9.33. The third kappa shape index (κ3) is 4.25. The molecule has 0 saturated carbocycles. The molecule has 0 aromatic carbocycles. The van der Waals surface area contributed by atoms with Gasteiger partial charge >= 0.3 is 0 Å². The van der Waals surface area contributed by atoms with E-state index in [1.165, 1.54) is 19.4 Å². The molecule has 1 unspecified atom stereocenters. The summed E-state index contributed by atoms with van der Waals surface area (Å²) in [5, 5.41) is 19.6. The predicted molar refractivity (Wildman–Crippen MR) is 63.6 cm³/mol. The Bertz CT molecular complexity index is 171. The first-order valence-corrected chi connectivity index (χ1v) is 5.70. The van der Waals surface area contributed by atoms with E-state index in [-0.39, 0.29) is 18.5 Å². The fourth-order valence-electron chi connectivity index (χ4n) is 2.29. The van der Waals surface area contributed by atoms with E-state index in [4.69, 9.17) is 0 Å². The van der Waals surface area contributed by atoms with Gasteiger partial charge in [0.25, 0.3) is 0 Å². The number of halogens is 1. The Morgan fingerprint density at radius 2 is 2.20 bits per heavy atom. The number of rotatable bonds is 3. The lowest BCUT2D eigenvalue weighted by Gasteiger charge is -2.25. The van der Waals surface area contributed by atoms with E-state index in [1.807, 2.05) is 0 Å². The molecule has 0 amide bonds. The molecule has 5 heteroatoms. The first-order chi connectivity index (χ1) is 6.84. The van der Waals surface area contributed by atoms with Crippen molar-refractivity contribution in [2.45, 2.75) is 37.5 Å². The van der Waals surface area contributed by atoms with Gasteiger partial charge in [0, 0.05) is 31.7 Å². The second-order valence-corrected chi connectivity index (χ2v) is 4.45. The van der Waals surface area contributed by atoms with Gasteiger partial charge in [-0.15, -0.1) is 12.4 Å². The number of hydrogen-bond acceptors (Lipinski definition) is 4. The molecule has 2 aliphatic heterocycles. The van der Waals surface area contributed by atoms with Gasteiger partial charge in [0.1, 0.15) is 0 Å². The summed E-state index contributed by atoms with van der Waals surface area (Å²) in [7, 11) is 0. The molecular formula is C10H22ClN3O. The van der Waals surface area contributed by atoms with Gasteiger partial charge in [-0.3, -0.25) is 0 Å². The molecule has 0 aromatic rings. The highest BCUT2D eigenvalue weighted by Gasteiger charge is 2.22. The van der Waals surface area contributed by atoms with Crippen LogP contribution in [0.5, 0.6) is 0 Å². The summed E-state index contributed by atoms with van der Waals surface area (Å²) in [6.45, 7) is 4.01.